The molecule has 1 amide bonds. The molecule has 1 aromatic rings. The number of halogens is 1. The topological polar surface area (TPSA) is 86.6 Å². The molecular weight excluding hydrogens is 349 g/mol. The Bertz CT molecular complexity index is 461. The number of aliphatic carboxylic acids is 1. The fourth-order valence-corrected chi connectivity index (χ4v) is 1.96. The third-order valence-corrected chi connectivity index (χ3v) is 3.05. The average Bonchev–Trinajstić information content (AvgIpc) is 2.31. The van der Waals surface area contributed by atoms with Gasteiger partial charge in [-0.1, -0.05) is 13.3 Å². The molecule has 98 valence electrons. The van der Waals surface area contributed by atoms with E-state index in [4.69, 9.17) is 5.11 Å². The highest BCUT2D eigenvalue weighted by Gasteiger charge is 2.21. The Kier molecular flexibility index (Phi) is 5.39. The maximum absolute atomic E-state index is 11.9. The van der Waals surface area contributed by atoms with E-state index in [1.165, 1.54) is 12.1 Å². The molecule has 0 unspecified atom stereocenters. The third-order valence-electron chi connectivity index (χ3n) is 2.38. The molecular formula is C12H14INO4. The molecule has 0 aromatic heterocycles. The van der Waals surface area contributed by atoms with Crippen molar-refractivity contribution in [3.63, 3.8) is 0 Å². The maximum atomic E-state index is 11.9. The smallest absolute Gasteiger partial charge is 0.326 e. The molecule has 0 saturated carbocycles. The summed E-state index contributed by atoms with van der Waals surface area (Å²) in [5, 5.41) is 20.9. The number of hydrogen-bond acceptors (Lipinski definition) is 3. The van der Waals surface area contributed by atoms with Crippen LogP contribution in [0.5, 0.6) is 5.75 Å². The fourth-order valence-electron chi connectivity index (χ4n) is 1.47. The predicted molar refractivity (Wildman–Crippen MR) is 74.6 cm³/mol. The Labute approximate surface area is 118 Å². The zero-order chi connectivity index (χ0) is 13.7. The number of phenolic OH excluding ortho intramolecular Hbond substituents is 1. The van der Waals surface area contributed by atoms with Crippen LogP contribution in [-0.2, 0) is 4.79 Å². The highest BCUT2D eigenvalue weighted by molar-refractivity contribution is 14.1. The first-order valence-electron chi connectivity index (χ1n) is 5.48. The summed E-state index contributed by atoms with van der Waals surface area (Å²) in [4.78, 5) is 22.8. The van der Waals surface area contributed by atoms with Gasteiger partial charge in [-0.3, -0.25) is 4.79 Å². The number of carbonyl (C=O) groups excluding carboxylic acids is 1. The molecule has 1 rings (SSSR count). The van der Waals surface area contributed by atoms with Gasteiger partial charge in [0.25, 0.3) is 5.91 Å². The highest BCUT2D eigenvalue weighted by Crippen LogP contribution is 2.19. The van der Waals surface area contributed by atoms with Gasteiger partial charge < -0.3 is 15.5 Å². The summed E-state index contributed by atoms with van der Waals surface area (Å²) in [6.07, 6.45) is 1.00. The van der Waals surface area contributed by atoms with Crippen molar-refractivity contribution >= 4 is 34.5 Å². The Morgan fingerprint density at radius 2 is 2.11 bits per heavy atom. The number of carboxylic acids is 1. The zero-order valence-electron chi connectivity index (χ0n) is 9.81. The summed E-state index contributed by atoms with van der Waals surface area (Å²) in [7, 11) is 0. The Morgan fingerprint density at radius 3 is 2.67 bits per heavy atom. The second-order valence-electron chi connectivity index (χ2n) is 3.81. The molecule has 0 fully saturated rings. The molecule has 0 spiro atoms. The monoisotopic (exact) mass is 363 g/mol. The lowest BCUT2D eigenvalue weighted by molar-refractivity contribution is -0.139. The van der Waals surface area contributed by atoms with Gasteiger partial charge in [-0.25, -0.2) is 4.79 Å². The Morgan fingerprint density at radius 1 is 1.44 bits per heavy atom. The first kappa shape index (κ1) is 14.7. The van der Waals surface area contributed by atoms with Crippen molar-refractivity contribution in [1.82, 2.24) is 5.32 Å². The lowest BCUT2D eigenvalue weighted by Gasteiger charge is -2.14. The number of amides is 1. The van der Waals surface area contributed by atoms with Gasteiger partial charge in [0, 0.05) is 3.57 Å². The van der Waals surface area contributed by atoms with Gasteiger partial charge in [-0.05, 0) is 47.2 Å². The molecule has 1 aromatic carbocycles. The van der Waals surface area contributed by atoms with Crippen molar-refractivity contribution in [2.45, 2.75) is 25.8 Å². The van der Waals surface area contributed by atoms with Crippen LogP contribution in [0.2, 0.25) is 0 Å². The molecule has 18 heavy (non-hydrogen) atoms. The van der Waals surface area contributed by atoms with Gasteiger partial charge in [0.1, 0.15) is 11.8 Å². The van der Waals surface area contributed by atoms with Crippen LogP contribution < -0.4 is 5.32 Å². The van der Waals surface area contributed by atoms with Crippen LogP contribution in [0.4, 0.5) is 0 Å². The normalized spacial score (nSPS) is 11.9. The van der Waals surface area contributed by atoms with Crippen LogP contribution in [0.15, 0.2) is 18.2 Å². The second-order valence-corrected chi connectivity index (χ2v) is 5.06. The first-order chi connectivity index (χ1) is 8.45. The van der Waals surface area contributed by atoms with Crippen LogP contribution in [0, 0.1) is 3.57 Å². The minimum atomic E-state index is -1.07. The van der Waals surface area contributed by atoms with Gasteiger partial charge in [0.05, 0.1) is 5.56 Å². The fraction of sp³-hybridized carbons (Fsp3) is 0.333. The quantitative estimate of drug-likeness (QED) is 0.699. The molecule has 0 aliphatic heterocycles. The molecule has 1 atom stereocenters. The van der Waals surface area contributed by atoms with Crippen LogP contribution in [0.3, 0.4) is 0 Å². The number of benzene rings is 1. The molecule has 3 N–H and O–H groups in total. The van der Waals surface area contributed by atoms with Crippen molar-refractivity contribution in [3.05, 3.63) is 27.3 Å². The van der Waals surface area contributed by atoms with Crippen molar-refractivity contribution < 1.29 is 19.8 Å². The number of carboxylic acid groups (broad SMARTS) is 1. The standard InChI is InChI=1S/C12H14INO4/c1-2-3-9(12(17)18)14-11(16)8-6-7(13)4-5-10(8)15/h4-6,9,15H,2-3H2,1H3,(H,14,16)(H,17,18)/t9-/m1/s1. The molecule has 0 radical (unpaired) electrons. The Hall–Kier alpha value is -1.31. The number of nitrogens with one attached hydrogen (secondary N) is 1. The molecule has 0 heterocycles. The largest absolute Gasteiger partial charge is 0.507 e. The minimum absolute atomic E-state index is 0.0873. The summed E-state index contributed by atoms with van der Waals surface area (Å²) in [5.41, 5.74) is 0.0873. The van der Waals surface area contributed by atoms with Crippen LogP contribution in [0.1, 0.15) is 30.1 Å². The van der Waals surface area contributed by atoms with Crippen molar-refractivity contribution in [2.24, 2.45) is 0 Å². The number of aromatic hydroxyl groups is 1. The first-order valence-corrected chi connectivity index (χ1v) is 6.55. The third kappa shape index (κ3) is 3.86. The summed E-state index contributed by atoms with van der Waals surface area (Å²) in [5.74, 6) is -1.81. The highest BCUT2D eigenvalue weighted by atomic mass is 127. The molecule has 0 bridgehead atoms. The summed E-state index contributed by atoms with van der Waals surface area (Å²) >= 11 is 2.01. The van der Waals surface area contributed by atoms with E-state index in [-0.39, 0.29) is 11.3 Å². The lowest BCUT2D eigenvalue weighted by Crippen LogP contribution is -2.40. The summed E-state index contributed by atoms with van der Waals surface area (Å²) in [6.45, 7) is 1.84. The minimum Gasteiger partial charge on any atom is -0.507 e. The van der Waals surface area contributed by atoms with E-state index in [2.05, 4.69) is 5.32 Å². The second kappa shape index (κ2) is 6.58. The van der Waals surface area contributed by atoms with Crippen LogP contribution in [-0.4, -0.2) is 28.1 Å². The van der Waals surface area contributed by atoms with E-state index < -0.39 is 17.9 Å². The van der Waals surface area contributed by atoms with Gasteiger partial charge in [-0.2, -0.15) is 0 Å². The van der Waals surface area contributed by atoms with E-state index in [0.717, 1.165) is 3.57 Å². The molecule has 0 saturated heterocycles. The number of hydrogen-bond donors (Lipinski definition) is 3. The molecule has 6 heteroatoms. The van der Waals surface area contributed by atoms with E-state index in [1.807, 2.05) is 29.5 Å². The molecule has 5 nitrogen and oxygen atoms in total. The van der Waals surface area contributed by atoms with E-state index in [9.17, 15) is 14.7 Å². The van der Waals surface area contributed by atoms with E-state index in [0.29, 0.717) is 12.8 Å². The Balaban J connectivity index is 2.86. The van der Waals surface area contributed by atoms with Crippen molar-refractivity contribution in [2.75, 3.05) is 0 Å². The molecule has 0 aliphatic rings. The number of carbonyl (C=O) groups is 2. The van der Waals surface area contributed by atoms with Gasteiger partial charge >= 0.3 is 5.97 Å². The van der Waals surface area contributed by atoms with Gasteiger partial charge in [0.15, 0.2) is 0 Å². The van der Waals surface area contributed by atoms with E-state index >= 15 is 0 Å². The number of rotatable bonds is 5. The van der Waals surface area contributed by atoms with Gasteiger partial charge in [-0.15, -0.1) is 0 Å². The maximum Gasteiger partial charge on any atom is 0.326 e. The SMILES string of the molecule is CCC[C@@H](NC(=O)c1cc(I)ccc1O)C(=O)O. The summed E-state index contributed by atoms with van der Waals surface area (Å²) < 4.78 is 0.790. The van der Waals surface area contributed by atoms with Crippen LogP contribution in [0.25, 0.3) is 0 Å². The average molecular weight is 363 g/mol. The number of phenols is 1. The predicted octanol–water partition coefficient (Wildman–Crippen LogP) is 1.98. The summed E-state index contributed by atoms with van der Waals surface area (Å²) in [6, 6.07) is 3.65. The lowest BCUT2D eigenvalue weighted by atomic mass is 10.1. The van der Waals surface area contributed by atoms with Crippen molar-refractivity contribution in [1.29, 1.82) is 0 Å². The van der Waals surface area contributed by atoms with E-state index in [1.54, 1.807) is 6.07 Å². The van der Waals surface area contributed by atoms with Crippen LogP contribution >= 0.6 is 22.6 Å². The van der Waals surface area contributed by atoms with Crippen molar-refractivity contribution in [3.8, 4) is 5.75 Å². The van der Waals surface area contributed by atoms with Gasteiger partial charge in [0.2, 0.25) is 0 Å². The zero-order valence-corrected chi connectivity index (χ0v) is 12.0. The molecule has 0 aliphatic carbocycles.